The molecule has 0 saturated carbocycles. The second kappa shape index (κ2) is 4.52. The van der Waals surface area contributed by atoms with Gasteiger partial charge in [-0.3, -0.25) is 4.79 Å². The zero-order valence-corrected chi connectivity index (χ0v) is 11.3. The van der Waals surface area contributed by atoms with E-state index < -0.39 is 0 Å². The summed E-state index contributed by atoms with van der Waals surface area (Å²) in [7, 11) is 1.47. The third kappa shape index (κ3) is 1.92. The summed E-state index contributed by atoms with van der Waals surface area (Å²) < 4.78 is 6.95. The summed E-state index contributed by atoms with van der Waals surface area (Å²) in [5.74, 6) is 0. The molecule has 3 heterocycles. The highest BCUT2D eigenvalue weighted by Crippen LogP contribution is 2.13. The van der Waals surface area contributed by atoms with Gasteiger partial charge in [0.2, 0.25) is 0 Å². The molecule has 0 aliphatic carbocycles. The van der Waals surface area contributed by atoms with Crippen molar-refractivity contribution in [3.05, 3.63) is 33.0 Å². The van der Waals surface area contributed by atoms with E-state index in [1.807, 2.05) is 0 Å². The number of H-pyrrole nitrogens is 1. The van der Waals surface area contributed by atoms with E-state index in [0.29, 0.717) is 16.0 Å². The standard InChI is InChI=1S/C10H7N5O2S2/c1-17-9-11-2-5(3-12-9)15-8(16)6-7(13-4-19-6)14-10(15)18/h2-4H,1H3,(H,14,18). The van der Waals surface area contributed by atoms with Crippen molar-refractivity contribution in [2.45, 2.75) is 0 Å². The maximum Gasteiger partial charge on any atom is 0.316 e. The van der Waals surface area contributed by atoms with Gasteiger partial charge in [-0.25, -0.2) is 19.5 Å². The second-order valence-corrected chi connectivity index (χ2v) is 4.77. The number of aromatic amines is 1. The Hall–Kier alpha value is -2.13. The van der Waals surface area contributed by atoms with Crippen LogP contribution in [0.2, 0.25) is 0 Å². The summed E-state index contributed by atoms with van der Waals surface area (Å²) in [6, 6.07) is 0.227. The van der Waals surface area contributed by atoms with E-state index in [-0.39, 0.29) is 16.3 Å². The van der Waals surface area contributed by atoms with E-state index in [4.69, 9.17) is 17.0 Å². The van der Waals surface area contributed by atoms with Crippen LogP contribution in [0.25, 0.3) is 16.0 Å². The van der Waals surface area contributed by atoms with Gasteiger partial charge in [-0.2, -0.15) is 0 Å². The maximum atomic E-state index is 12.3. The van der Waals surface area contributed by atoms with Gasteiger partial charge in [0.15, 0.2) is 10.4 Å². The number of hydrogen-bond donors (Lipinski definition) is 1. The van der Waals surface area contributed by atoms with E-state index in [9.17, 15) is 4.79 Å². The van der Waals surface area contributed by atoms with Crippen molar-refractivity contribution in [1.29, 1.82) is 0 Å². The van der Waals surface area contributed by atoms with Crippen LogP contribution in [-0.2, 0) is 0 Å². The van der Waals surface area contributed by atoms with E-state index in [2.05, 4.69) is 19.9 Å². The number of hydrogen-bond acceptors (Lipinski definition) is 7. The highest BCUT2D eigenvalue weighted by atomic mass is 32.1. The molecule has 0 spiro atoms. The zero-order valence-electron chi connectivity index (χ0n) is 9.65. The minimum Gasteiger partial charge on any atom is -0.467 e. The number of thiazole rings is 1. The number of methoxy groups -OCH3 is 1. The predicted octanol–water partition coefficient (Wildman–Crippen LogP) is 1.30. The highest BCUT2D eigenvalue weighted by Gasteiger charge is 2.10. The molecule has 0 aliphatic rings. The van der Waals surface area contributed by atoms with E-state index in [1.165, 1.54) is 35.4 Å². The lowest BCUT2D eigenvalue weighted by Gasteiger charge is -2.05. The number of nitrogens with zero attached hydrogens (tertiary/aromatic N) is 4. The first-order valence-corrected chi connectivity index (χ1v) is 6.44. The van der Waals surface area contributed by atoms with Crippen LogP contribution in [0.1, 0.15) is 0 Å². The van der Waals surface area contributed by atoms with Gasteiger partial charge in [0.1, 0.15) is 4.70 Å². The molecule has 1 N–H and O–H groups in total. The first kappa shape index (κ1) is 11.9. The third-order valence-corrected chi connectivity index (χ3v) is 3.55. The number of aromatic nitrogens is 5. The molecule has 3 aromatic heterocycles. The topological polar surface area (TPSA) is 85.7 Å². The fourth-order valence-corrected chi connectivity index (χ4v) is 2.56. The monoisotopic (exact) mass is 293 g/mol. The second-order valence-electron chi connectivity index (χ2n) is 3.53. The van der Waals surface area contributed by atoms with E-state index in [0.717, 1.165) is 0 Å². The average Bonchev–Trinajstić information content (AvgIpc) is 2.88. The summed E-state index contributed by atoms with van der Waals surface area (Å²) in [4.78, 5) is 27.2. The van der Waals surface area contributed by atoms with Gasteiger partial charge in [-0.05, 0) is 12.2 Å². The summed E-state index contributed by atoms with van der Waals surface area (Å²) >= 11 is 6.41. The molecule has 19 heavy (non-hydrogen) atoms. The van der Waals surface area contributed by atoms with Crippen molar-refractivity contribution < 1.29 is 4.74 Å². The molecule has 3 rings (SSSR count). The molecule has 0 unspecified atom stereocenters. The lowest BCUT2D eigenvalue weighted by molar-refractivity contribution is 0.379. The zero-order chi connectivity index (χ0) is 13.4. The SMILES string of the molecule is COc1ncc(-n2c(=S)[nH]c3ncsc3c2=O)cn1. The summed E-state index contributed by atoms with van der Waals surface area (Å²) in [5.41, 5.74) is 2.31. The van der Waals surface area contributed by atoms with Crippen LogP contribution in [0.4, 0.5) is 0 Å². The first-order chi connectivity index (χ1) is 9.20. The van der Waals surface area contributed by atoms with Crippen molar-refractivity contribution in [3.8, 4) is 11.7 Å². The molecule has 7 nitrogen and oxygen atoms in total. The molecule has 0 amide bonds. The lowest BCUT2D eigenvalue weighted by Crippen LogP contribution is -2.20. The van der Waals surface area contributed by atoms with Gasteiger partial charge in [0, 0.05) is 0 Å². The minimum absolute atomic E-state index is 0.227. The molecule has 0 atom stereocenters. The first-order valence-electron chi connectivity index (χ1n) is 5.15. The number of nitrogens with one attached hydrogen (secondary N) is 1. The molecule has 96 valence electrons. The lowest BCUT2D eigenvalue weighted by atomic mass is 10.5. The number of rotatable bonds is 2. The van der Waals surface area contributed by atoms with Crippen molar-refractivity contribution >= 4 is 33.9 Å². The van der Waals surface area contributed by atoms with Crippen LogP contribution in [0.3, 0.4) is 0 Å². The van der Waals surface area contributed by atoms with E-state index >= 15 is 0 Å². The Kier molecular flexibility index (Phi) is 2.84. The Labute approximate surface area is 115 Å². The fourth-order valence-electron chi connectivity index (χ4n) is 1.60. The Bertz CT molecular complexity index is 849. The molecule has 0 saturated heterocycles. The Morgan fingerprint density at radius 3 is 2.79 bits per heavy atom. The summed E-state index contributed by atoms with van der Waals surface area (Å²) in [5, 5.41) is 0. The summed E-state index contributed by atoms with van der Waals surface area (Å²) in [6.45, 7) is 0. The van der Waals surface area contributed by atoms with Crippen LogP contribution in [-0.4, -0.2) is 31.6 Å². The van der Waals surface area contributed by atoms with Gasteiger partial charge in [0.05, 0.1) is 30.7 Å². The van der Waals surface area contributed by atoms with Crippen molar-refractivity contribution in [2.75, 3.05) is 7.11 Å². The van der Waals surface area contributed by atoms with Crippen molar-refractivity contribution in [1.82, 2.24) is 24.5 Å². The molecule has 3 aromatic rings. The van der Waals surface area contributed by atoms with Gasteiger partial charge < -0.3 is 9.72 Å². The maximum absolute atomic E-state index is 12.3. The van der Waals surface area contributed by atoms with Crippen molar-refractivity contribution in [2.24, 2.45) is 0 Å². The molecule has 0 aliphatic heterocycles. The smallest absolute Gasteiger partial charge is 0.316 e. The molecule has 9 heteroatoms. The normalized spacial score (nSPS) is 10.8. The Morgan fingerprint density at radius 1 is 1.37 bits per heavy atom. The largest absolute Gasteiger partial charge is 0.467 e. The average molecular weight is 293 g/mol. The fraction of sp³-hybridized carbons (Fsp3) is 0.100. The number of ether oxygens (including phenoxy) is 1. The van der Waals surface area contributed by atoms with Gasteiger partial charge >= 0.3 is 6.01 Å². The molecule has 0 fully saturated rings. The Balaban J connectivity index is 2.29. The quantitative estimate of drug-likeness (QED) is 0.717. The van der Waals surface area contributed by atoms with E-state index in [1.54, 1.807) is 5.51 Å². The molecule has 0 aromatic carbocycles. The van der Waals surface area contributed by atoms with Crippen molar-refractivity contribution in [3.63, 3.8) is 0 Å². The van der Waals surface area contributed by atoms with Crippen LogP contribution in [0, 0.1) is 4.77 Å². The van der Waals surface area contributed by atoms with Crippen LogP contribution < -0.4 is 10.3 Å². The van der Waals surface area contributed by atoms with Crippen LogP contribution in [0.5, 0.6) is 6.01 Å². The molecular weight excluding hydrogens is 286 g/mol. The number of fused-ring (bicyclic) bond motifs is 1. The van der Waals surface area contributed by atoms with Gasteiger partial charge in [0.25, 0.3) is 5.56 Å². The summed E-state index contributed by atoms with van der Waals surface area (Å²) in [6.07, 6.45) is 2.95. The van der Waals surface area contributed by atoms with Crippen LogP contribution in [0.15, 0.2) is 22.7 Å². The molecular formula is C10H7N5O2S2. The molecule has 0 radical (unpaired) electrons. The van der Waals surface area contributed by atoms with Crippen LogP contribution >= 0.6 is 23.6 Å². The third-order valence-electron chi connectivity index (χ3n) is 2.45. The minimum atomic E-state index is -0.241. The van der Waals surface area contributed by atoms with Gasteiger partial charge in [-0.15, -0.1) is 11.3 Å². The molecule has 0 bridgehead atoms. The highest BCUT2D eigenvalue weighted by molar-refractivity contribution is 7.71. The predicted molar refractivity (Wildman–Crippen MR) is 72.5 cm³/mol. The van der Waals surface area contributed by atoms with Gasteiger partial charge in [-0.1, -0.05) is 0 Å². The Morgan fingerprint density at radius 2 is 2.11 bits per heavy atom.